The molecule has 0 spiro atoms. The number of para-hydroxylation sites is 2. The van der Waals surface area contributed by atoms with Crippen LogP contribution >= 0.6 is 0 Å². The Morgan fingerprint density at radius 2 is 1.07 bits per heavy atom. The number of hydrogen-bond acceptors (Lipinski definition) is 5. The minimum atomic E-state index is 0.371. The first-order valence-electron chi connectivity index (χ1n) is 18.3. The van der Waals surface area contributed by atoms with Crippen molar-refractivity contribution in [2.24, 2.45) is 0 Å². The summed E-state index contributed by atoms with van der Waals surface area (Å²) >= 11 is 0. The van der Waals surface area contributed by atoms with Gasteiger partial charge in [0.2, 0.25) is 0 Å². The largest absolute Gasteiger partial charge is 0.455 e. The molecule has 0 unspecified atom stereocenters. The van der Waals surface area contributed by atoms with Gasteiger partial charge in [-0.25, -0.2) is 0 Å². The number of pyridine rings is 1. The average Bonchev–Trinajstić information content (AvgIpc) is 4.00. The molecule has 7 aromatic carbocycles. The van der Waals surface area contributed by atoms with Crippen molar-refractivity contribution in [2.75, 3.05) is 0 Å². The lowest BCUT2D eigenvalue weighted by atomic mass is 10.00. The molecule has 56 heavy (non-hydrogen) atoms. The number of fused-ring (bicyclic) bond motifs is 14. The number of nitrogens with zero attached hydrogens (tertiary/aromatic N) is 5. The van der Waals surface area contributed by atoms with Gasteiger partial charge in [0.05, 0.1) is 44.0 Å². The molecule has 7 heteroatoms. The van der Waals surface area contributed by atoms with Crippen LogP contribution in [0.15, 0.2) is 161 Å². The Hall–Kier alpha value is -8.13. The molecule has 5 heterocycles. The lowest BCUT2D eigenvalue weighted by molar-refractivity contribution is 0.668. The first-order valence-corrected chi connectivity index (χ1v) is 18.3. The van der Waals surface area contributed by atoms with Crippen molar-refractivity contribution in [1.82, 2.24) is 14.1 Å². The molecule has 0 saturated heterocycles. The molecule has 12 aromatic rings. The number of furan rings is 2. The van der Waals surface area contributed by atoms with E-state index in [1.807, 2.05) is 24.3 Å². The number of rotatable bonds is 3. The molecule has 0 aliphatic carbocycles. The molecule has 0 N–H and O–H groups in total. The van der Waals surface area contributed by atoms with Crippen molar-refractivity contribution in [3.8, 4) is 34.6 Å². The second-order valence-electron chi connectivity index (χ2n) is 14.1. The summed E-state index contributed by atoms with van der Waals surface area (Å²) in [7, 11) is 0. The molecular formula is C49H25N5O2. The Balaban J connectivity index is 1.08. The number of benzene rings is 7. The highest BCUT2D eigenvalue weighted by atomic mass is 16.3. The summed E-state index contributed by atoms with van der Waals surface area (Å²) < 4.78 is 17.8. The van der Waals surface area contributed by atoms with Gasteiger partial charge in [-0.2, -0.15) is 10.5 Å². The first-order chi connectivity index (χ1) is 27.7. The van der Waals surface area contributed by atoms with Gasteiger partial charge < -0.3 is 18.0 Å². The van der Waals surface area contributed by atoms with E-state index in [-0.39, 0.29) is 0 Å². The van der Waals surface area contributed by atoms with E-state index in [1.165, 1.54) is 0 Å². The van der Waals surface area contributed by atoms with Gasteiger partial charge in [0.1, 0.15) is 34.4 Å². The Morgan fingerprint density at radius 1 is 0.446 bits per heavy atom. The molecule has 0 aliphatic heterocycles. The molecule has 0 aliphatic rings. The van der Waals surface area contributed by atoms with Crippen LogP contribution in [0.1, 0.15) is 11.1 Å². The standard InChI is InChI=1S/C49H25N5O2/c50-26-30-12-11-29(24-31(30)27-51)28-13-15-32(16-14-28)53-39-8-3-1-6-36(39)45-41(53)20-18-34-35-19-21-42-46(49(35)56-48(34)45)37-7-2-4-9-40(37)54(42)33-17-22-43-38(25-33)47-44(55-43)10-5-23-52-47/h1-25H. The maximum absolute atomic E-state index is 9.60. The van der Waals surface area contributed by atoms with Gasteiger partial charge in [0.15, 0.2) is 5.58 Å². The van der Waals surface area contributed by atoms with Crippen molar-refractivity contribution in [3.05, 3.63) is 163 Å². The van der Waals surface area contributed by atoms with E-state index < -0.39 is 0 Å². The highest BCUT2D eigenvalue weighted by Gasteiger charge is 2.23. The van der Waals surface area contributed by atoms with Crippen LogP contribution in [0, 0.1) is 22.7 Å². The summed E-state index contributed by atoms with van der Waals surface area (Å²) in [6, 6.07) is 53.9. The summed E-state index contributed by atoms with van der Waals surface area (Å²) in [5, 5.41) is 26.5. The van der Waals surface area contributed by atoms with Crippen LogP contribution < -0.4 is 0 Å². The summed E-state index contributed by atoms with van der Waals surface area (Å²) in [5.41, 5.74) is 13.0. The maximum Gasteiger partial charge on any atom is 0.153 e. The SMILES string of the molecule is N#Cc1ccc(-c2ccc(-n3c4ccccc4c4c5oc6c(ccc7c6c6ccccc6n7-c6ccc7oc8cccnc8c7c6)c5ccc43)cc2)cc1C#N. The zero-order chi connectivity index (χ0) is 37.1. The molecule has 5 aromatic heterocycles. The van der Waals surface area contributed by atoms with Gasteiger partial charge in [0.25, 0.3) is 0 Å². The second-order valence-corrected chi connectivity index (χ2v) is 14.1. The summed E-state index contributed by atoms with van der Waals surface area (Å²) in [6.45, 7) is 0. The van der Waals surface area contributed by atoms with E-state index in [2.05, 4.69) is 135 Å². The van der Waals surface area contributed by atoms with Crippen molar-refractivity contribution >= 4 is 87.6 Å². The molecular weight excluding hydrogens is 691 g/mol. The van der Waals surface area contributed by atoms with Crippen molar-refractivity contribution < 1.29 is 8.83 Å². The molecule has 0 fully saturated rings. The molecule has 0 saturated carbocycles. The molecule has 0 atom stereocenters. The van der Waals surface area contributed by atoms with Gasteiger partial charge in [-0.15, -0.1) is 0 Å². The fourth-order valence-electron chi connectivity index (χ4n) is 8.79. The third-order valence-electron chi connectivity index (χ3n) is 11.3. The third kappa shape index (κ3) is 4.06. The van der Waals surface area contributed by atoms with Crippen LogP contribution in [-0.2, 0) is 0 Å². The predicted octanol–water partition coefficient (Wildman–Crippen LogP) is 12.5. The van der Waals surface area contributed by atoms with E-state index in [0.717, 1.165) is 110 Å². The summed E-state index contributed by atoms with van der Waals surface area (Å²) in [6.07, 6.45) is 1.80. The molecule has 0 radical (unpaired) electrons. The number of nitriles is 2. The van der Waals surface area contributed by atoms with Gasteiger partial charge in [0, 0.05) is 44.5 Å². The van der Waals surface area contributed by atoms with Crippen LogP contribution in [0.4, 0.5) is 0 Å². The van der Waals surface area contributed by atoms with Crippen molar-refractivity contribution in [1.29, 1.82) is 10.5 Å². The lowest BCUT2D eigenvalue weighted by Gasteiger charge is -2.10. The Labute approximate surface area is 317 Å². The average molecular weight is 716 g/mol. The Bertz CT molecular complexity index is 3730. The van der Waals surface area contributed by atoms with Gasteiger partial charge in [-0.1, -0.05) is 54.6 Å². The third-order valence-corrected chi connectivity index (χ3v) is 11.3. The maximum atomic E-state index is 9.60. The van der Waals surface area contributed by atoms with Crippen LogP contribution in [-0.4, -0.2) is 14.1 Å². The van der Waals surface area contributed by atoms with E-state index >= 15 is 0 Å². The fraction of sp³-hybridized carbons (Fsp3) is 0. The van der Waals surface area contributed by atoms with Crippen molar-refractivity contribution in [3.63, 3.8) is 0 Å². The normalized spacial score (nSPS) is 11.9. The zero-order valence-corrected chi connectivity index (χ0v) is 29.5. The molecule has 7 nitrogen and oxygen atoms in total. The van der Waals surface area contributed by atoms with Gasteiger partial charge >= 0.3 is 0 Å². The summed E-state index contributed by atoms with van der Waals surface area (Å²) in [4.78, 5) is 4.64. The van der Waals surface area contributed by atoms with Gasteiger partial charge in [-0.05, 0) is 102 Å². The Kier molecular flexibility index (Phi) is 6.06. The zero-order valence-electron chi connectivity index (χ0n) is 29.5. The summed E-state index contributed by atoms with van der Waals surface area (Å²) in [5.74, 6) is 0. The van der Waals surface area contributed by atoms with Crippen molar-refractivity contribution in [2.45, 2.75) is 0 Å². The highest BCUT2D eigenvalue weighted by molar-refractivity contribution is 6.29. The second kappa shape index (κ2) is 11.2. The smallest absolute Gasteiger partial charge is 0.153 e. The van der Waals surface area contributed by atoms with Crippen LogP contribution in [0.3, 0.4) is 0 Å². The first kappa shape index (κ1) is 30.3. The van der Waals surface area contributed by atoms with E-state index in [9.17, 15) is 10.5 Å². The minimum Gasteiger partial charge on any atom is -0.455 e. The predicted molar refractivity (Wildman–Crippen MR) is 222 cm³/mol. The number of aromatic nitrogens is 3. The molecule has 0 amide bonds. The topological polar surface area (TPSA) is 96.6 Å². The Morgan fingerprint density at radius 3 is 1.75 bits per heavy atom. The number of hydrogen-bond donors (Lipinski definition) is 0. The quantitative estimate of drug-likeness (QED) is 0.181. The highest BCUT2D eigenvalue weighted by Crippen LogP contribution is 2.45. The fourth-order valence-corrected chi connectivity index (χ4v) is 8.79. The van der Waals surface area contributed by atoms with E-state index in [0.29, 0.717) is 11.1 Å². The molecule has 12 rings (SSSR count). The van der Waals surface area contributed by atoms with Gasteiger partial charge in [-0.3, -0.25) is 4.98 Å². The monoisotopic (exact) mass is 715 g/mol. The van der Waals surface area contributed by atoms with Crippen LogP contribution in [0.5, 0.6) is 0 Å². The lowest BCUT2D eigenvalue weighted by Crippen LogP contribution is -1.94. The molecule has 0 bridgehead atoms. The van der Waals surface area contributed by atoms with E-state index in [1.54, 1.807) is 18.3 Å². The minimum absolute atomic E-state index is 0.371. The van der Waals surface area contributed by atoms with Crippen LogP contribution in [0.25, 0.3) is 110 Å². The molecule has 258 valence electrons. The van der Waals surface area contributed by atoms with E-state index in [4.69, 9.17) is 8.83 Å². The van der Waals surface area contributed by atoms with Crippen LogP contribution in [0.2, 0.25) is 0 Å².